The minimum absolute atomic E-state index is 0. The van der Waals surface area contributed by atoms with Gasteiger partial charge < -0.3 is 9.97 Å². The molecule has 3 aromatic heterocycles. The quantitative estimate of drug-likeness (QED) is 0.134. The van der Waals surface area contributed by atoms with Crippen molar-refractivity contribution >= 4 is 44.8 Å². The van der Waals surface area contributed by atoms with Crippen LogP contribution in [0.3, 0.4) is 0 Å². The van der Waals surface area contributed by atoms with Gasteiger partial charge in [-0.25, -0.2) is 0 Å². The van der Waals surface area contributed by atoms with Crippen LogP contribution in [0.25, 0.3) is 42.7 Å². The molecule has 1 radical (unpaired) electrons. The molecule has 6 rings (SSSR count). The van der Waals surface area contributed by atoms with Crippen LogP contribution in [0.15, 0.2) is 97.3 Å². The predicted molar refractivity (Wildman–Crippen MR) is 172 cm³/mol. The Kier molecular flexibility index (Phi) is 9.21. The van der Waals surface area contributed by atoms with Crippen LogP contribution in [0.4, 0.5) is 0 Å². The molecular formula is C35H34IrN2SSi-2. The molecule has 0 bridgehead atoms. The molecule has 0 N–H and O–H groups in total. The van der Waals surface area contributed by atoms with E-state index in [1.807, 2.05) is 60.0 Å². The van der Waals surface area contributed by atoms with E-state index in [4.69, 9.17) is 4.98 Å². The Labute approximate surface area is 256 Å². The van der Waals surface area contributed by atoms with Gasteiger partial charge in [-0.1, -0.05) is 87.4 Å². The number of hydrogen-bond acceptors (Lipinski definition) is 3. The van der Waals surface area contributed by atoms with E-state index in [2.05, 4.69) is 100.0 Å². The van der Waals surface area contributed by atoms with Gasteiger partial charge in [0.05, 0.1) is 8.07 Å². The van der Waals surface area contributed by atoms with Gasteiger partial charge >= 0.3 is 0 Å². The van der Waals surface area contributed by atoms with Crippen LogP contribution in [-0.2, 0) is 25.5 Å². The van der Waals surface area contributed by atoms with Crippen molar-refractivity contribution in [3.63, 3.8) is 0 Å². The van der Waals surface area contributed by atoms with Gasteiger partial charge in [0.25, 0.3) is 0 Å². The first-order chi connectivity index (χ1) is 18.6. The second-order valence-electron chi connectivity index (χ2n) is 11.8. The second kappa shape index (κ2) is 12.3. The van der Waals surface area contributed by atoms with Crippen molar-refractivity contribution in [2.75, 3.05) is 0 Å². The number of aromatic nitrogens is 2. The minimum Gasteiger partial charge on any atom is -0.305 e. The third-order valence-corrected chi connectivity index (χ3v) is 10.0. The number of rotatable bonds is 3. The van der Waals surface area contributed by atoms with Crippen molar-refractivity contribution in [1.82, 2.24) is 9.97 Å². The van der Waals surface area contributed by atoms with Gasteiger partial charge in [-0.05, 0) is 44.6 Å². The Morgan fingerprint density at radius 1 is 0.750 bits per heavy atom. The van der Waals surface area contributed by atoms with Crippen LogP contribution in [0.1, 0.15) is 26.3 Å². The van der Waals surface area contributed by atoms with Gasteiger partial charge in [-0.3, -0.25) is 0 Å². The molecule has 3 aromatic carbocycles. The third kappa shape index (κ3) is 6.50. The molecule has 0 saturated carbocycles. The molecule has 0 aliphatic rings. The van der Waals surface area contributed by atoms with Crippen molar-refractivity contribution in [2.45, 2.75) is 45.8 Å². The molecule has 0 aliphatic carbocycles. The molecule has 0 spiro atoms. The van der Waals surface area contributed by atoms with Gasteiger partial charge in [0.1, 0.15) is 0 Å². The van der Waals surface area contributed by atoms with E-state index in [1.165, 1.54) is 25.7 Å². The molecule has 5 heteroatoms. The predicted octanol–water partition coefficient (Wildman–Crippen LogP) is 9.31. The molecule has 40 heavy (non-hydrogen) atoms. The molecule has 0 saturated heterocycles. The van der Waals surface area contributed by atoms with Crippen LogP contribution < -0.4 is 5.19 Å². The summed E-state index contributed by atoms with van der Waals surface area (Å²) in [4.78, 5) is 9.01. The molecule has 0 fully saturated rings. The number of nitrogens with zero attached hydrogens (tertiary/aromatic N) is 2. The molecular weight excluding hydrogens is 701 g/mol. The van der Waals surface area contributed by atoms with Crippen LogP contribution in [0.2, 0.25) is 19.6 Å². The number of hydrogen-bond donors (Lipinski definition) is 0. The van der Waals surface area contributed by atoms with Crippen molar-refractivity contribution in [1.29, 1.82) is 0 Å². The SMILES string of the molecule is CC(C)(C)c1ccc(-c2[c-]ccc3c2sc2cccc([Si](C)(C)C)c23)nc1.[Ir].[c-]1ccccc1-c1ccccn1. The van der Waals surface area contributed by atoms with E-state index >= 15 is 0 Å². The first kappa shape index (κ1) is 30.0. The number of thiophene rings is 1. The maximum Gasteiger partial charge on any atom is 0.0783 e. The summed E-state index contributed by atoms with van der Waals surface area (Å²) in [6.45, 7) is 13.9. The van der Waals surface area contributed by atoms with Crippen molar-refractivity contribution < 1.29 is 20.1 Å². The topological polar surface area (TPSA) is 25.8 Å². The van der Waals surface area contributed by atoms with Crippen LogP contribution >= 0.6 is 11.3 Å². The number of benzene rings is 3. The third-order valence-electron chi connectivity index (χ3n) is 6.80. The second-order valence-corrected chi connectivity index (χ2v) is 17.9. The van der Waals surface area contributed by atoms with E-state index < -0.39 is 8.07 Å². The van der Waals surface area contributed by atoms with E-state index in [1.54, 1.807) is 11.4 Å². The average Bonchev–Trinajstić information content (AvgIpc) is 3.32. The molecule has 2 nitrogen and oxygen atoms in total. The molecule has 0 aliphatic heterocycles. The first-order valence-electron chi connectivity index (χ1n) is 13.3. The minimum atomic E-state index is -1.42. The summed E-state index contributed by atoms with van der Waals surface area (Å²) in [6.07, 6.45) is 3.80. The normalized spacial score (nSPS) is 11.6. The van der Waals surface area contributed by atoms with Crippen molar-refractivity contribution in [2.24, 2.45) is 0 Å². The number of fused-ring (bicyclic) bond motifs is 3. The summed E-state index contributed by atoms with van der Waals surface area (Å²) < 4.78 is 2.67. The zero-order valence-electron chi connectivity index (χ0n) is 23.9. The smallest absolute Gasteiger partial charge is 0.0783 e. The summed E-state index contributed by atoms with van der Waals surface area (Å²) in [7, 11) is -1.42. The van der Waals surface area contributed by atoms with Crippen molar-refractivity contribution in [3.8, 4) is 22.5 Å². The van der Waals surface area contributed by atoms with Crippen LogP contribution in [-0.4, -0.2) is 18.0 Å². The summed E-state index contributed by atoms with van der Waals surface area (Å²) in [6, 6.07) is 35.7. The Morgan fingerprint density at radius 3 is 2.17 bits per heavy atom. The Hall–Kier alpha value is -2.95. The van der Waals surface area contributed by atoms with Gasteiger partial charge in [0.15, 0.2) is 0 Å². The maximum absolute atomic E-state index is 4.79. The number of pyridine rings is 2. The fraction of sp³-hybridized carbons (Fsp3) is 0.200. The van der Waals surface area contributed by atoms with Crippen LogP contribution in [0.5, 0.6) is 0 Å². The van der Waals surface area contributed by atoms with E-state index in [-0.39, 0.29) is 25.5 Å². The van der Waals surface area contributed by atoms with E-state index in [0.29, 0.717) is 0 Å². The molecule has 3 heterocycles. The monoisotopic (exact) mass is 735 g/mol. The molecule has 0 unspecified atom stereocenters. The molecule has 205 valence electrons. The van der Waals surface area contributed by atoms with Gasteiger partial charge in [-0.2, -0.15) is 11.3 Å². The standard InChI is InChI=1S/C24H26NSSi.C11H8N.Ir/c1-24(2,3)16-13-14-19(25-15-16)17-9-7-10-18-22-20(26-23(17)18)11-8-12-21(22)27(4,5)6;1-2-6-10(7-3-1)11-8-4-5-9-12-11;/h7-8,10-15H,1-6H3;1-6,8-9H;/q2*-1;. The summed E-state index contributed by atoms with van der Waals surface area (Å²) in [5, 5.41) is 4.33. The summed E-state index contributed by atoms with van der Waals surface area (Å²) in [5.41, 5.74) is 5.52. The van der Waals surface area contributed by atoms with E-state index in [9.17, 15) is 0 Å². The largest absolute Gasteiger partial charge is 0.305 e. The fourth-order valence-electron chi connectivity index (χ4n) is 4.67. The zero-order valence-corrected chi connectivity index (χ0v) is 28.1. The average molecular weight is 735 g/mol. The Morgan fingerprint density at radius 2 is 1.55 bits per heavy atom. The van der Waals surface area contributed by atoms with Crippen LogP contribution in [0, 0.1) is 12.1 Å². The van der Waals surface area contributed by atoms with E-state index in [0.717, 1.165) is 22.5 Å². The molecule has 0 atom stereocenters. The van der Waals surface area contributed by atoms with Crippen molar-refractivity contribution in [3.05, 3.63) is 115 Å². The van der Waals surface area contributed by atoms with Gasteiger partial charge in [0.2, 0.25) is 0 Å². The van der Waals surface area contributed by atoms with Gasteiger partial charge in [-0.15, -0.1) is 59.7 Å². The Bertz CT molecular complexity index is 1660. The maximum atomic E-state index is 4.79. The molecule has 6 aromatic rings. The summed E-state index contributed by atoms with van der Waals surface area (Å²) in [5.74, 6) is 0. The van der Waals surface area contributed by atoms with Gasteiger partial charge in [0, 0.05) is 37.2 Å². The first-order valence-corrected chi connectivity index (χ1v) is 17.7. The molecule has 0 amide bonds. The zero-order chi connectivity index (χ0) is 27.6. The Balaban J connectivity index is 0.000000238. The fourth-order valence-corrected chi connectivity index (χ4v) is 7.61. The summed E-state index contributed by atoms with van der Waals surface area (Å²) >= 11 is 1.87.